The molecule has 0 bridgehead atoms. The second-order valence-corrected chi connectivity index (χ2v) is 35.8. The summed E-state index contributed by atoms with van der Waals surface area (Å²) in [7, 11) is -1.35. The molecule has 0 spiro atoms. The van der Waals surface area contributed by atoms with Crippen LogP contribution in [0.25, 0.3) is 22.5 Å². The molecule has 3 aromatic carbocycles. The summed E-state index contributed by atoms with van der Waals surface area (Å²) in [6.45, 7) is 0. The van der Waals surface area contributed by atoms with Crippen molar-refractivity contribution in [1.29, 1.82) is 0 Å². The van der Waals surface area contributed by atoms with Crippen LogP contribution < -0.4 is 24.4 Å². The monoisotopic (exact) mass is 842 g/mol. The number of rotatable bonds is 7. The average molecular weight is 840 g/mol. The minimum absolute atomic E-state index is 0. The van der Waals surface area contributed by atoms with E-state index in [0.717, 1.165) is 22.5 Å². The van der Waals surface area contributed by atoms with E-state index in [4.69, 9.17) is 9.97 Å². The van der Waals surface area contributed by atoms with Gasteiger partial charge in [-0.05, 0) is 0 Å². The number of nitrogens with zero attached hydrogens (tertiary/aromatic N) is 2. The molecule has 1 radical (unpaired) electrons. The van der Waals surface area contributed by atoms with Gasteiger partial charge in [-0.25, -0.2) is 0 Å². The maximum Gasteiger partial charge on any atom is 2.00 e. The van der Waals surface area contributed by atoms with E-state index in [1.165, 1.54) is 24.4 Å². The molecule has 2 nitrogen and oxygen atoms in total. The molecule has 0 atom stereocenters. The van der Waals surface area contributed by atoms with Gasteiger partial charge in [0.1, 0.15) is 0 Å². The molecule has 40 heavy (non-hydrogen) atoms. The fourth-order valence-electron chi connectivity index (χ4n) is 4.58. The van der Waals surface area contributed by atoms with Crippen LogP contribution in [0.5, 0.6) is 0 Å². The zero-order valence-electron chi connectivity index (χ0n) is 24.0. The third-order valence-corrected chi connectivity index (χ3v) is 18.1. The summed E-state index contributed by atoms with van der Waals surface area (Å²) in [5.41, 5.74) is 4.04. The van der Waals surface area contributed by atoms with E-state index in [1.807, 2.05) is 0 Å². The molecule has 0 amide bonds. The van der Waals surface area contributed by atoms with Gasteiger partial charge in [0.2, 0.25) is 0 Å². The summed E-state index contributed by atoms with van der Waals surface area (Å²) in [4.78, 5) is 9.71. The Kier molecular flexibility index (Phi) is 9.93. The van der Waals surface area contributed by atoms with Crippen LogP contribution in [0.15, 0.2) is 103 Å². The first-order chi connectivity index (χ1) is 18.6. The molecule has 6 heteroatoms. The SMILES string of the molecule is [CH3][Ge]([CH3])([CH3])[c]1ccc(-c2[c-]c([Si](c3[c-]c(-c4cc[c]([Ge]([CH3])([CH3])[CH3])cn4)ccc3)c3ccccc3)ccc2)nc1.[Pt+2]. The van der Waals surface area contributed by atoms with E-state index in [1.54, 1.807) is 0 Å². The second kappa shape index (κ2) is 12.9. The first-order valence-electron chi connectivity index (χ1n) is 13.5. The molecule has 0 aliphatic carbocycles. The molecule has 0 saturated heterocycles. The van der Waals surface area contributed by atoms with Crippen molar-refractivity contribution < 1.29 is 21.1 Å². The zero-order valence-corrected chi connectivity index (χ0v) is 31.5. The Hall–Kier alpha value is -2.05. The minimum Gasteiger partial charge on any atom is 2.00 e. The van der Waals surface area contributed by atoms with Crippen LogP contribution in [-0.2, 0) is 21.1 Å². The van der Waals surface area contributed by atoms with Crippen LogP contribution in [0, 0.1) is 12.1 Å². The topological polar surface area (TPSA) is 25.8 Å². The summed E-state index contributed by atoms with van der Waals surface area (Å²) < 4.78 is 2.84. The van der Waals surface area contributed by atoms with Gasteiger partial charge in [-0.15, -0.1) is 0 Å². The molecule has 2 aromatic heterocycles. The van der Waals surface area contributed by atoms with Gasteiger partial charge in [0, 0.05) is 0 Å². The number of pyridine rings is 2. The summed E-state index contributed by atoms with van der Waals surface area (Å²) >= 11 is -3.82. The van der Waals surface area contributed by atoms with E-state index in [0.29, 0.717) is 0 Å². The van der Waals surface area contributed by atoms with Crippen molar-refractivity contribution in [3.63, 3.8) is 0 Å². The molecule has 0 unspecified atom stereocenters. The van der Waals surface area contributed by atoms with Gasteiger partial charge < -0.3 is 0 Å². The third-order valence-electron chi connectivity index (χ3n) is 7.00. The van der Waals surface area contributed by atoms with Gasteiger partial charge in [0.05, 0.1) is 0 Å². The first kappa shape index (κ1) is 30.9. The summed E-state index contributed by atoms with van der Waals surface area (Å²) in [6, 6.07) is 40.2. The van der Waals surface area contributed by atoms with Crippen molar-refractivity contribution in [2.45, 2.75) is 34.5 Å². The molecular formula is C34H35Ge2N2PtSi. The van der Waals surface area contributed by atoms with E-state index in [9.17, 15) is 0 Å². The van der Waals surface area contributed by atoms with Gasteiger partial charge in [0.15, 0.2) is 0 Å². The number of benzene rings is 3. The summed E-state index contributed by atoms with van der Waals surface area (Å²) in [5, 5.41) is 3.73. The van der Waals surface area contributed by atoms with Crippen molar-refractivity contribution in [2.75, 3.05) is 0 Å². The number of hydrogen-bond acceptors (Lipinski definition) is 2. The fraction of sp³-hybridized carbons (Fsp3) is 0.176. The molecule has 0 fully saturated rings. The largest absolute Gasteiger partial charge is 2.00 e. The quantitative estimate of drug-likeness (QED) is 0.131. The second-order valence-electron chi connectivity index (χ2n) is 12.1. The van der Waals surface area contributed by atoms with Crippen molar-refractivity contribution in [3.8, 4) is 22.5 Å². The van der Waals surface area contributed by atoms with Gasteiger partial charge in [-0.1, -0.05) is 0 Å². The predicted octanol–water partition coefficient (Wildman–Crippen LogP) is 5.02. The van der Waals surface area contributed by atoms with Gasteiger partial charge in [0.25, 0.3) is 0 Å². The normalized spacial score (nSPS) is 11.8. The van der Waals surface area contributed by atoms with Crippen molar-refractivity contribution in [2.24, 2.45) is 0 Å². The van der Waals surface area contributed by atoms with Crippen LogP contribution in [0.3, 0.4) is 0 Å². The van der Waals surface area contributed by atoms with Crippen LogP contribution in [0.2, 0.25) is 34.5 Å². The molecule has 0 N–H and O–H groups in total. The molecule has 5 aromatic rings. The Morgan fingerprint density at radius 2 is 0.975 bits per heavy atom. The van der Waals surface area contributed by atoms with Crippen molar-refractivity contribution >= 4 is 59.7 Å². The zero-order chi connectivity index (χ0) is 27.6. The van der Waals surface area contributed by atoms with E-state index < -0.39 is 35.3 Å². The molecule has 2 heterocycles. The van der Waals surface area contributed by atoms with Crippen LogP contribution in [-0.4, -0.2) is 45.3 Å². The van der Waals surface area contributed by atoms with Crippen LogP contribution >= 0.6 is 0 Å². The number of hydrogen-bond donors (Lipinski definition) is 0. The molecule has 0 aliphatic rings. The van der Waals surface area contributed by atoms with Gasteiger partial charge in [-0.2, -0.15) is 0 Å². The van der Waals surface area contributed by atoms with Crippen LogP contribution in [0.4, 0.5) is 0 Å². The van der Waals surface area contributed by atoms with E-state index in [-0.39, 0.29) is 21.1 Å². The van der Waals surface area contributed by atoms with Crippen molar-refractivity contribution in [3.05, 3.63) is 116 Å². The maximum atomic E-state index is 4.85. The molecule has 0 aliphatic heterocycles. The van der Waals surface area contributed by atoms with E-state index in [2.05, 4.69) is 150 Å². The Morgan fingerprint density at radius 3 is 1.35 bits per heavy atom. The first-order valence-corrected chi connectivity index (χ1v) is 29.7. The van der Waals surface area contributed by atoms with Crippen LogP contribution in [0.1, 0.15) is 0 Å². The molecule has 203 valence electrons. The Morgan fingerprint density at radius 1 is 0.525 bits per heavy atom. The predicted molar refractivity (Wildman–Crippen MR) is 174 cm³/mol. The molecule has 0 saturated carbocycles. The van der Waals surface area contributed by atoms with Crippen molar-refractivity contribution in [1.82, 2.24) is 9.97 Å². The standard InChI is InChI=1S/C34H35Ge2N2Si.Pt/c1-35(2,3)28-18-20-33(37-24-28)26-12-10-16-31(22-26)39(30-14-8-7-9-15-30)32-17-11-13-27(23-32)34-21-19-29(25-38-34)36(4,5)6;/h7-21,24-25H,1-6H3;/q-2;+2. The molecule has 5 rings (SSSR count). The Labute approximate surface area is 261 Å². The minimum atomic E-state index is -1.91. The summed E-state index contributed by atoms with van der Waals surface area (Å²) in [6.07, 6.45) is 4.16. The molecular weight excluding hydrogens is 805 g/mol. The Balaban J connectivity index is 0.00000370. The van der Waals surface area contributed by atoms with Gasteiger partial charge >= 0.3 is 263 Å². The van der Waals surface area contributed by atoms with Gasteiger partial charge in [-0.3, -0.25) is 0 Å². The third kappa shape index (κ3) is 7.23. The number of aromatic nitrogens is 2. The van der Waals surface area contributed by atoms with E-state index >= 15 is 0 Å². The average Bonchev–Trinajstić information content (AvgIpc) is 2.93. The maximum absolute atomic E-state index is 4.85. The summed E-state index contributed by atoms with van der Waals surface area (Å²) in [5.74, 6) is 14.4. The Bertz CT molecular complexity index is 1460. The fourth-order valence-corrected chi connectivity index (χ4v) is 11.4. The smallest absolute Gasteiger partial charge is 2.00 e.